The third kappa shape index (κ3) is 4.32. The van der Waals surface area contributed by atoms with Crippen LogP contribution in [0, 0.1) is 5.92 Å². The number of rotatable bonds is 6. The second-order valence-corrected chi connectivity index (χ2v) is 5.90. The van der Waals surface area contributed by atoms with Crippen LogP contribution in [0.15, 0.2) is 12.4 Å². The summed E-state index contributed by atoms with van der Waals surface area (Å²) >= 11 is 0. The van der Waals surface area contributed by atoms with Gasteiger partial charge in [0.25, 0.3) is 0 Å². The van der Waals surface area contributed by atoms with E-state index in [0.29, 0.717) is 6.04 Å². The predicted octanol–water partition coefficient (Wildman–Crippen LogP) is 2.02. The van der Waals surface area contributed by atoms with Crippen LogP contribution in [0.2, 0.25) is 0 Å². The number of likely N-dealkylation sites (tertiary alicyclic amines) is 1. The highest BCUT2D eigenvalue weighted by atomic mass is 15.2. The third-order valence-corrected chi connectivity index (χ3v) is 4.13. The lowest BCUT2D eigenvalue weighted by molar-refractivity contribution is 0.144. The molecular weight excluding hydrogens is 236 g/mol. The minimum atomic E-state index is 0.636. The van der Waals surface area contributed by atoms with E-state index in [1.807, 2.05) is 17.9 Å². The van der Waals surface area contributed by atoms with Crippen LogP contribution >= 0.6 is 0 Å². The number of nitrogens with one attached hydrogen (secondary N) is 1. The number of aromatic nitrogens is 2. The van der Waals surface area contributed by atoms with Gasteiger partial charge in [-0.1, -0.05) is 6.92 Å². The van der Waals surface area contributed by atoms with Crippen molar-refractivity contribution in [3.05, 3.63) is 18.0 Å². The summed E-state index contributed by atoms with van der Waals surface area (Å²) in [5.41, 5.74) is 1.33. The fourth-order valence-corrected chi connectivity index (χ4v) is 2.99. The Morgan fingerprint density at radius 2 is 2.37 bits per heavy atom. The maximum Gasteiger partial charge on any atom is 0.0534 e. The van der Waals surface area contributed by atoms with Gasteiger partial charge in [-0.05, 0) is 45.2 Å². The summed E-state index contributed by atoms with van der Waals surface area (Å²) in [6.07, 6.45) is 8.02. The Hall–Kier alpha value is -0.870. The topological polar surface area (TPSA) is 33.1 Å². The van der Waals surface area contributed by atoms with E-state index >= 15 is 0 Å². The van der Waals surface area contributed by atoms with Crippen molar-refractivity contribution in [2.75, 3.05) is 19.6 Å². The largest absolute Gasteiger partial charge is 0.314 e. The van der Waals surface area contributed by atoms with Gasteiger partial charge in [0.2, 0.25) is 0 Å². The van der Waals surface area contributed by atoms with E-state index in [2.05, 4.69) is 35.4 Å². The van der Waals surface area contributed by atoms with E-state index in [4.69, 9.17) is 0 Å². The van der Waals surface area contributed by atoms with Crippen molar-refractivity contribution >= 4 is 0 Å². The molecule has 0 radical (unpaired) electrons. The molecule has 2 atom stereocenters. The maximum atomic E-state index is 4.25. The highest BCUT2D eigenvalue weighted by Crippen LogP contribution is 2.21. The fourth-order valence-electron chi connectivity index (χ4n) is 2.99. The van der Waals surface area contributed by atoms with Crippen molar-refractivity contribution in [1.82, 2.24) is 20.0 Å². The summed E-state index contributed by atoms with van der Waals surface area (Å²) in [5.74, 6) is 0.789. The van der Waals surface area contributed by atoms with E-state index in [1.165, 1.54) is 37.9 Å². The van der Waals surface area contributed by atoms with Crippen LogP contribution in [0.25, 0.3) is 0 Å². The average molecular weight is 264 g/mol. The zero-order valence-electron chi connectivity index (χ0n) is 12.6. The van der Waals surface area contributed by atoms with Crippen LogP contribution in [0.5, 0.6) is 0 Å². The van der Waals surface area contributed by atoms with E-state index < -0.39 is 0 Å². The molecule has 1 fully saturated rings. The van der Waals surface area contributed by atoms with Crippen LogP contribution in [0.1, 0.15) is 38.7 Å². The highest BCUT2D eigenvalue weighted by Gasteiger charge is 2.24. The molecule has 19 heavy (non-hydrogen) atoms. The monoisotopic (exact) mass is 264 g/mol. The zero-order chi connectivity index (χ0) is 13.7. The normalized spacial score (nSPS) is 22.6. The van der Waals surface area contributed by atoms with Crippen molar-refractivity contribution in [2.24, 2.45) is 13.0 Å². The van der Waals surface area contributed by atoms with E-state index in [9.17, 15) is 0 Å². The van der Waals surface area contributed by atoms with Crippen molar-refractivity contribution in [3.63, 3.8) is 0 Å². The molecular formula is C15H28N4. The molecule has 0 bridgehead atoms. The van der Waals surface area contributed by atoms with Gasteiger partial charge in [0.1, 0.15) is 0 Å². The molecule has 0 spiro atoms. The van der Waals surface area contributed by atoms with Crippen LogP contribution in [-0.2, 0) is 13.6 Å². The SMILES string of the molecule is CCCNC(C)C1CCCN(Cc2cnn(C)c2)C1. The van der Waals surface area contributed by atoms with E-state index in [-0.39, 0.29) is 0 Å². The lowest BCUT2D eigenvalue weighted by Crippen LogP contribution is -2.44. The minimum Gasteiger partial charge on any atom is -0.314 e. The molecule has 1 aromatic heterocycles. The van der Waals surface area contributed by atoms with Gasteiger partial charge < -0.3 is 5.32 Å². The molecule has 0 aromatic carbocycles. The minimum absolute atomic E-state index is 0.636. The first-order chi connectivity index (χ1) is 9.19. The van der Waals surface area contributed by atoms with Gasteiger partial charge in [-0.2, -0.15) is 5.10 Å². The fraction of sp³-hybridized carbons (Fsp3) is 0.800. The van der Waals surface area contributed by atoms with Gasteiger partial charge in [0.15, 0.2) is 0 Å². The summed E-state index contributed by atoms with van der Waals surface area (Å²) in [4.78, 5) is 2.58. The van der Waals surface area contributed by atoms with Gasteiger partial charge in [-0.25, -0.2) is 0 Å². The van der Waals surface area contributed by atoms with Gasteiger partial charge >= 0.3 is 0 Å². The first-order valence-electron chi connectivity index (χ1n) is 7.62. The number of hydrogen-bond donors (Lipinski definition) is 1. The highest BCUT2D eigenvalue weighted by molar-refractivity contribution is 5.03. The molecule has 1 aliphatic heterocycles. The van der Waals surface area contributed by atoms with Crippen molar-refractivity contribution in [1.29, 1.82) is 0 Å². The standard InChI is InChI=1S/C15H28N4/c1-4-7-16-13(2)15-6-5-8-19(12-15)11-14-9-17-18(3)10-14/h9-10,13,15-16H,4-8,11-12H2,1-3H3. The Morgan fingerprint density at radius 1 is 1.53 bits per heavy atom. The van der Waals surface area contributed by atoms with Crippen LogP contribution in [-0.4, -0.2) is 40.4 Å². The summed E-state index contributed by atoms with van der Waals surface area (Å²) in [5, 5.41) is 7.90. The molecule has 1 aliphatic rings. The number of nitrogens with zero attached hydrogens (tertiary/aromatic N) is 3. The molecule has 2 heterocycles. The molecule has 2 rings (SSSR count). The van der Waals surface area contributed by atoms with Crippen molar-refractivity contribution < 1.29 is 0 Å². The first kappa shape index (κ1) is 14.5. The Morgan fingerprint density at radius 3 is 3.05 bits per heavy atom. The Bertz CT molecular complexity index is 374. The average Bonchev–Trinajstić information content (AvgIpc) is 2.81. The number of hydrogen-bond acceptors (Lipinski definition) is 3. The zero-order valence-corrected chi connectivity index (χ0v) is 12.6. The van der Waals surface area contributed by atoms with Gasteiger partial charge in [0, 0.05) is 37.9 Å². The number of piperidine rings is 1. The summed E-state index contributed by atoms with van der Waals surface area (Å²) in [6.45, 7) is 9.20. The second kappa shape index (κ2) is 7.06. The molecule has 0 aliphatic carbocycles. The smallest absolute Gasteiger partial charge is 0.0534 e. The van der Waals surface area contributed by atoms with E-state index in [0.717, 1.165) is 19.0 Å². The molecule has 4 nitrogen and oxygen atoms in total. The van der Waals surface area contributed by atoms with Crippen LogP contribution in [0.4, 0.5) is 0 Å². The van der Waals surface area contributed by atoms with Gasteiger partial charge in [-0.15, -0.1) is 0 Å². The lowest BCUT2D eigenvalue weighted by atomic mass is 9.91. The van der Waals surface area contributed by atoms with Crippen LogP contribution in [0.3, 0.4) is 0 Å². The van der Waals surface area contributed by atoms with Gasteiger partial charge in [-0.3, -0.25) is 9.58 Å². The van der Waals surface area contributed by atoms with Crippen LogP contribution < -0.4 is 5.32 Å². The Kier molecular flexibility index (Phi) is 5.40. The molecule has 2 unspecified atom stereocenters. The molecule has 4 heteroatoms. The van der Waals surface area contributed by atoms with E-state index in [1.54, 1.807) is 0 Å². The molecule has 0 amide bonds. The third-order valence-electron chi connectivity index (χ3n) is 4.13. The maximum absolute atomic E-state index is 4.25. The summed E-state index contributed by atoms with van der Waals surface area (Å²) in [6, 6.07) is 0.636. The molecule has 1 aromatic rings. The van der Waals surface area contributed by atoms with Crippen molar-refractivity contribution in [3.8, 4) is 0 Å². The Labute approximate surface area is 117 Å². The Balaban J connectivity index is 1.83. The first-order valence-corrected chi connectivity index (χ1v) is 7.62. The number of aryl methyl sites for hydroxylation is 1. The second-order valence-electron chi connectivity index (χ2n) is 5.90. The van der Waals surface area contributed by atoms with Crippen molar-refractivity contribution in [2.45, 2.75) is 45.7 Å². The quantitative estimate of drug-likeness (QED) is 0.853. The molecule has 1 N–H and O–H groups in total. The van der Waals surface area contributed by atoms with Gasteiger partial charge in [0.05, 0.1) is 6.20 Å². The lowest BCUT2D eigenvalue weighted by Gasteiger charge is -2.36. The molecule has 108 valence electrons. The summed E-state index contributed by atoms with van der Waals surface area (Å²) in [7, 11) is 1.99. The summed E-state index contributed by atoms with van der Waals surface area (Å²) < 4.78 is 1.89. The molecule has 1 saturated heterocycles. The predicted molar refractivity (Wildman–Crippen MR) is 79.0 cm³/mol. The molecule has 0 saturated carbocycles.